The zero-order chi connectivity index (χ0) is 16.6. The molecule has 5 N–H and O–H groups in total. The van der Waals surface area contributed by atoms with Crippen LogP contribution in [0.2, 0.25) is 0 Å². The van der Waals surface area contributed by atoms with Gasteiger partial charge in [0, 0.05) is 13.5 Å². The zero-order valence-corrected chi connectivity index (χ0v) is 12.5. The molecule has 10 nitrogen and oxygen atoms in total. The molecule has 0 amide bonds. The molecule has 1 aliphatic heterocycles. The van der Waals surface area contributed by atoms with Crippen molar-refractivity contribution in [3.8, 4) is 0 Å². The lowest BCUT2D eigenvalue weighted by Gasteiger charge is -2.16. The van der Waals surface area contributed by atoms with Crippen molar-refractivity contribution >= 4 is 17.0 Å². The number of aliphatic hydroxyl groups excluding tert-OH is 3. The summed E-state index contributed by atoms with van der Waals surface area (Å²) in [5, 5.41) is 29.2. The second kappa shape index (κ2) is 6.34. The first-order valence-electron chi connectivity index (χ1n) is 7.17. The molecule has 0 aliphatic carbocycles. The van der Waals surface area contributed by atoms with E-state index < -0.39 is 31.1 Å². The maximum Gasteiger partial charge on any atom is 0.167 e. The molecule has 23 heavy (non-hydrogen) atoms. The molecule has 3 rings (SSSR count). The van der Waals surface area contributed by atoms with Crippen LogP contribution >= 0.6 is 0 Å². The standard InChI is InChI=1S/C13H19N5O5/c1-22-3-2-7-16-11(14)8-12(17-7)18(5-15-8)13-10(21)9(20)6(4-19)23-13/h5-6,9-10,13,19-21H,2-4H2,1H3,(H2,14,16,17)/t6-,9-,10-,13-/m1/s1. The largest absolute Gasteiger partial charge is 0.394 e. The molecule has 0 spiro atoms. The topological polar surface area (TPSA) is 149 Å². The lowest BCUT2D eigenvalue weighted by Crippen LogP contribution is -2.33. The van der Waals surface area contributed by atoms with Crippen molar-refractivity contribution in [3.05, 3.63) is 12.2 Å². The Balaban J connectivity index is 1.99. The Kier molecular flexibility index (Phi) is 4.41. The molecule has 4 atom stereocenters. The zero-order valence-electron chi connectivity index (χ0n) is 12.5. The fourth-order valence-electron chi connectivity index (χ4n) is 2.59. The van der Waals surface area contributed by atoms with Crippen LogP contribution in [0.25, 0.3) is 11.2 Å². The molecule has 1 fully saturated rings. The van der Waals surface area contributed by atoms with Gasteiger partial charge in [-0.3, -0.25) is 4.57 Å². The summed E-state index contributed by atoms with van der Waals surface area (Å²) in [7, 11) is 1.57. The van der Waals surface area contributed by atoms with Gasteiger partial charge in [0.25, 0.3) is 0 Å². The van der Waals surface area contributed by atoms with Crippen LogP contribution in [0.1, 0.15) is 12.1 Å². The second-order valence-corrected chi connectivity index (χ2v) is 5.32. The van der Waals surface area contributed by atoms with Gasteiger partial charge in [-0.25, -0.2) is 15.0 Å². The highest BCUT2D eigenvalue weighted by atomic mass is 16.6. The molecular weight excluding hydrogens is 306 g/mol. The van der Waals surface area contributed by atoms with Crippen molar-refractivity contribution in [2.24, 2.45) is 0 Å². The summed E-state index contributed by atoms with van der Waals surface area (Å²) >= 11 is 0. The van der Waals surface area contributed by atoms with Gasteiger partial charge in [-0.05, 0) is 0 Å². The van der Waals surface area contributed by atoms with Crippen molar-refractivity contribution in [1.82, 2.24) is 19.5 Å². The van der Waals surface area contributed by atoms with E-state index in [0.29, 0.717) is 30.0 Å². The molecule has 2 aromatic rings. The SMILES string of the molecule is COCCc1nc(N)c2ncn([C@@H]3O[C@H](CO)[C@@H](O)[C@H]3O)c2n1. The minimum atomic E-state index is -1.22. The van der Waals surface area contributed by atoms with E-state index in [-0.39, 0.29) is 5.82 Å². The van der Waals surface area contributed by atoms with E-state index in [1.165, 1.54) is 10.9 Å². The number of aliphatic hydroxyl groups is 3. The predicted octanol–water partition coefficient (Wildman–Crippen LogP) is -1.79. The van der Waals surface area contributed by atoms with Gasteiger partial charge < -0.3 is 30.5 Å². The molecule has 0 radical (unpaired) electrons. The second-order valence-electron chi connectivity index (χ2n) is 5.32. The number of fused-ring (bicyclic) bond motifs is 1. The fourth-order valence-corrected chi connectivity index (χ4v) is 2.59. The van der Waals surface area contributed by atoms with Crippen LogP contribution < -0.4 is 5.73 Å². The monoisotopic (exact) mass is 325 g/mol. The summed E-state index contributed by atoms with van der Waals surface area (Å²) in [6, 6.07) is 0. The van der Waals surface area contributed by atoms with Gasteiger partial charge in [-0.15, -0.1) is 0 Å². The van der Waals surface area contributed by atoms with Crippen molar-refractivity contribution in [2.45, 2.75) is 31.0 Å². The molecule has 0 aromatic carbocycles. The van der Waals surface area contributed by atoms with Crippen molar-refractivity contribution in [2.75, 3.05) is 26.1 Å². The van der Waals surface area contributed by atoms with E-state index in [0.717, 1.165) is 0 Å². The smallest absolute Gasteiger partial charge is 0.167 e. The summed E-state index contributed by atoms with van der Waals surface area (Å²) in [6.45, 7) is 0.0322. The van der Waals surface area contributed by atoms with Crippen LogP contribution in [-0.2, 0) is 15.9 Å². The van der Waals surface area contributed by atoms with Crippen LogP contribution in [0.5, 0.6) is 0 Å². The Hall–Kier alpha value is -1.85. The van der Waals surface area contributed by atoms with Gasteiger partial charge in [0.2, 0.25) is 0 Å². The van der Waals surface area contributed by atoms with Gasteiger partial charge in [-0.2, -0.15) is 0 Å². The van der Waals surface area contributed by atoms with E-state index in [9.17, 15) is 15.3 Å². The highest BCUT2D eigenvalue weighted by Gasteiger charge is 2.44. The first kappa shape index (κ1) is 16.0. The Morgan fingerprint density at radius 1 is 1.35 bits per heavy atom. The molecule has 126 valence electrons. The number of nitrogens with zero attached hydrogens (tertiary/aromatic N) is 4. The van der Waals surface area contributed by atoms with E-state index in [1.54, 1.807) is 7.11 Å². The normalized spacial score (nSPS) is 27.8. The quantitative estimate of drug-likeness (QED) is 0.500. The predicted molar refractivity (Wildman–Crippen MR) is 78.3 cm³/mol. The van der Waals surface area contributed by atoms with Gasteiger partial charge in [0.05, 0.1) is 19.5 Å². The number of hydrogen-bond donors (Lipinski definition) is 4. The third-order valence-electron chi connectivity index (χ3n) is 3.82. The summed E-state index contributed by atoms with van der Waals surface area (Å²) < 4.78 is 12.0. The van der Waals surface area contributed by atoms with Crippen LogP contribution in [0.15, 0.2) is 6.33 Å². The number of anilines is 1. The average Bonchev–Trinajstić information content (AvgIpc) is 3.08. The summed E-state index contributed by atoms with van der Waals surface area (Å²) in [5.41, 5.74) is 6.66. The van der Waals surface area contributed by atoms with E-state index in [2.05, 4.69) is 15.0 Å². The van der Waals surface area contributed by atoms with Gasteiger partial charge in [0.15, 0.2) is 17.7 Å². The number of nitrogen functional groups attached to an aromatic ring is 1. The maximum absolute atomic E-state index is 10.1. The number of rotatable bonds is 5. The third kappa shape index (κ3) is 2.75. The first-order valence-corrected chi connectivity index (χ1v) is 7.17. The summed E-state index contributed by atoms with van der Waals surface area (Å²) in [6.07, 6.45) is -2.33. The van der Waals surface area contributed by atoms with Crippen molar-refractivity contribution in [3.63, 3.8) is 0 Å². The maximum atomic E-state index is 10.1. The van der Waals surface area contributed by atoms with Crippen LogP contribution in [0.4, 0.5) is 5.82 Å². The highest BCUT2D eigenvalue weighted by Crippen LogP contribution is 2.31. The Morgan fingerprint density at radius 3 is 2.78 bits per heavy atom. The summed E-state index contributed by atoms with van der Waals surface area (Å²) in [4.78, 5) is 12.7. The van der Waals surface area contributed by atoms with Gasteiger partial charge >= 0.3 is 0 Å². The lowest BCUT2D eigenvalue weighted by atomic mass is 10.1. The number of imidazole rings is 1. The number of aromatic nitrogens is 4. The molecule has 2 aromatic heterocycles. The van der Waals surface area contributed by atoms with Crippen LogP contribution in [0, 0.1) is 0 Å². The summed E-state index contributed by atoms with van der Waals surface area (Å²) in [5.74, 6) is 0.692. The minimum absolute atomic E-state index is 0.214. The van der Waals surface area contributed by atoms with Gasteiger partial charge in [-0.1, -0.05) is 0 Å². The minimum Gasteiger partial charge on any atom is -0.394 e. The number of nitrogens with two attached hydrogens (primary N) is 1. The van der Waals surface area contributed by atoms with Crippen LogP contribution in [0.3, 0.4) is 0 Å². The van der Waals surface area contributed by atoms with Crippen LogP contribution in [-0.4, -0.2) is 73.5 Å². The van der Waals surface area contributed by atoms with Gasteiger partial charge in [0.1, 0.15) is 29.7 Å². The van der Waals surface area contributed by atoms with E-state index >= 15 is 0 Å². The first-order chi connectivity index (χ1) is 11.1. The highest BCUT2D eigenvalue weighted by molar-refractivity contribution is 5.81. The van der Waals surface area contributed by atoms with Crippen molar-refractivity contribution in [1.29, 1.82) is 0 Å². The third-order valence-corrected chi connectivity index (χ3v) is 3.82. The molecule has 0 unspecified atom stereocenters. The Bertz CT molecular complexity index is 693. The molecular formula is C13H19N5O5. The molecule has 3 heterocycles. The average molecular weight is 325 g/mol. The molecule has 0 saturated carbocycles. The molecule has 1 aliphatic rings. The number of hydrogen-bond acceptors (Lipinski definition) is 9. The number of methoxy groups -OCH3 is 1. The Labute approximate surface area is 131 Å². The molecule has 10 heteroatoms. The molecule has 1 saturated heterocycles. The van der Waals surface area contributed by atoms with E-state index in [4.69, 9.17) is 15.2 Å². The Morgan fingerprint density at radius 2 is 2.13 bits per heavy atom. The lowest BCUT2D eigenvalue weighted by molar-refractivity contribution is -0.0511. The molecule has 0 bridgehead atoms. The van der Waals surface area contributed by atoms with Crippen molar-refractivity contribution < 1.29 is 24.8 Å². The number of ether oxygens (including phenoxy) is 2. The fraction of sp³-hybridized carbons (Fsp3) is 0.615. The van der Waals surface area contributed by atoms with E-state index in [1.807, 2.05) is 0 Å².